The molecule has 2 rings (SSSR count). The van der Waals surface area contributed by atoms with E-state index in [0.29, 0.717) is 16.4 Å². The average molecular weight is 262 g/mol. The number of pyridine rings is 2. The Kier molecular flexibility index (Phi) is 3.58. The smallest absolute Gasteiger partial charge is 0.255 e. The number of carbonyl (C=O) groups excluding carboxylic acids is 1. The van der Waals surface area contributed by atoms with E-state index in [1.807, 2.05) is 13.8 Å². The van der Waals surface area contributed by atoms with Crippen LogP contribution in [0.25, 0.3) is 0 Å². The molecule has 4 nitrogen and oxygen atoms in total. The highest BCUT2D eigenvalue weighted by Gasteiger charge is 2.08. The highest BCUT2D eigenvalue weighted by molar-refractivity contribution is 6.29. The van der Waals surface area contributed by atoms with Crippen molar-refractivity contribution in [2.75, 3.05) is 5.32 Å². The van der Waals surface area contributed by atoms with Crippen LogP contribution < -0.4 is 5.32 Å². The van der Waals surface area contributed by atoms with Crippen LogP contribution in [0, 0.1) is 13.8 Å². The SMILES string of the molecule is Cc1cc(C(=O)Nc2cnc(Cl)cc2C)ccn1. The summed E-state index contributed by atoms with van der Waals surface area (Å²) in [6.07, 6.45) is 3.15. The van der Waals surface area contributed by atoms with Crippen molar-refractivity contribution < 1.29 is 4.79 Å². The number of rotatable bonds is 2. The molecule has 0 aromatic carbocycles. The Morgan fingerprint density at radius 3 is 2.72 bits per heavy atom. The minimum atomic E-state index is -0.187. The number of halogens is 1. The molecule has 0 aliphatic carbocycles. The number of aryl methyl sites for hydroxylation is 2. The van der Waals surface area contributed by atoms with Crippen LogP contribution in [0.1, 0.15) is 21.6 Å². The van der Waals surface area contributed by atoms with E-state index in [1.54, 1.807) is 30.6 Å². The first-order chi connectivity index (χ1) is 8.56. The minimum absolute atomic E-state index is 0.187. The van der Waals surface area contributed by atoms with Gasteiger partial charge in [0, 0.05) is 17.5 Å². The zero-order valence-electron chi connectivity index (χ0n) is 10.1. The van der Waals surface area contributed by atoms with Gasteiger partial charge >= 0.3 is 0 Å². The fourth-order valence-electron chi connectivity index (χ4n) is 1.53. The maximum atomic E-state index is 12.0. The van der Waals surface area contributed by atoms with Gasteiger partial charge in [-0.05, 0) is 37.6 Å². The number of aromatic nitrogens is 2. The number of anilines is 1. The van der Waals surface area contributed by atoms with Crippen LogP contribution >= 0.6 is 11.6 Å². The van der Waals surface area contributed by atoms with Crippen LogP contribution in [0.2, 0.25) is 5.15 Å². The van der Waals surface area contributed by atoms with E-state index in [9.17, 15) is 4.79 Å². The Morgan fingerprint density at radius 1 is 1.28 bits per heavy atom. The number of nitrogens with one attached hydrogen (secondary N) is 1. The van der Waals surface area contributed by atoms with E-state index in [1.165, 1.54) is 0 Å². The number of nitrogens with zero attached hydrogens (tertiary/aromatic N) is 2. The van der Waals surface area contributed by atoms with Crippen molar-refractivity contribution in [3.8, 4) is 0 Å². The summed E-state index contributed by atoms with van der Waals surface area (Å²) >= 11 is 5.76. The summed E-state index contributed by atoms with van der Waals surface area (Å²) in [6.45, 7) is 3.70. The first-order valence-corrected chi connectivity index (χ1v) is 5.80. The molecule has 0 saturated carbocycles. The fraction of sp³-hybridized carbons (Fsp3) is 0.154. The van der Waals surface area contributed by atoms with Crippen molar-refractivity contribution in [3.05, 3.63) is 52.6 Å². The molecule has 0 saturated heterocycles. The average Bonchev–Trinajstić information content (AvgIpc) is 2.32. The number of amides is 1. The molecule has 1 amide bonds. The van der Waals surface area contributed by atoms with Crippen LogP contribution in [0.15, 0.2) is 30.6 Å². The molecule has 0 unspecified atom stereocenters. The molecule has 2 aromatic rings. The van der Waals surface area contributed by atoms with E-state index in [4.69, 9.17) is 11.6 Å². The van der Waals surface area contributed by atoms with Gasteiger partial charge in [-0.2, -0.15) is 0 Å². The zero-order chi connectivity index (χ0) is 13.1. The predicted octanol–water partition coefficient (Wildman–Crippen LogP) is 3.00. The molecular formula is C13H12ClN3O. The lowest BCUT2D eigenvalue weighted by Crippen LogP contribution is -2.13. The molecule has 0 spiro atoms. The highest BCUT2D eigenvalue weighted by Crippen LogP contribution is 2.17. The predicted molar refractivity (Wildman–Crippen MR) is 70.9 cm³/mol. The molecule has 0 atom stereocenters. The van der Waals surface area contributed by atoms with Gasteiger partial charge in [-0.3, -0.25) is 9.78 Å². The number of carbonyl (C=O) groups is 1. The van der Waals surface area contributed by atoms with Crippen molar-refractivity contribution in [3.63, 3.8) is 0 Å². The van der Waals surface area contributed by atoms with Gasteiger partial charge in [-0.15, -0.1) is 0 Å². The second kappa shape index (κ2) is 5.14. The monoisotopic (exact) mass is 261 g/mol. The second-order valence-electron chi connectivity index (χ2n) is 3.96. The normalized spacial score (nSPS) is 10.2. The quantitative estimate of drug-likeness (QED) is 0.846. The minimum Gasteiger partial charge on any atom is -0.320 e. The van der Waals surface area contributed by atoms with E-state index in [2.05, 4.69) is 15.3 Å². The zero-order valence-corrected chi connectivity index (χ0v) is 10.8. The van der Waals surface area contributed by atoms with E-state index >= 15 is 0 Å². The lowest BCUT2D eigenvalue weighted by molar-refractivity contribution is 0.102. The van der Waals surface area contributed by atoms with Crippen molar-refractivity contribution in [1.29, 1.82) is 0 Å². The van der Waals surface area contributed by atoms with Gasteiger partial charge in [0.1, 0.15) is 5.15 Å². The summed E-state index contributed by atoms with van der Waals surface area (Å²) in [6, 6.07) is 5.10. The number of hydrogen-bond donors (Lipinski definition) is 1. The summed E-state index contributed by atoms with van der Waals surface area (Å²) < 4.78 is 0. The van der Waals surface area contributed by atoms with Gasteiger partial charge in [-0.1, -0.05) is 11.6 Å². The largest absolute Gasteiger partial charge is 0.320 e. The molecule has 92 valence electrons. The van der Waals surface area contributed by atoms with Gasteiger partial charge in [0.05, 0.1) is 11.9 Å². The maximum absolute atomic E-state index is 12.0. The van der Waals surface area contributed by atoms with Crippen LogP contribution in [-0.4, -0.2) is 15.9 Å². The molecule has 1 N–H and O–H groups in total. The van der Waals surface area contributed by atoms with Crippen LogP contribution in [0.5, 0.6) is 0 Å². The van der Waals surface area contributed by atoms with Gasteiger partial charge in [-0.25, -0.2) is 4.98 Å². The third-order valence-electron chi connectivity index (χ3n) is 2.48. The highest BCUT2D eigenvalue weighted by atomic mass is 35.5. The Hall–Kier alpha value is -1.94. The van der Waals surface area contributed by atoms with Crippen molar-refractivity contribution in [2.45, 2.75) is 13.8 Å². The summed E-state index contributed by atoms with van der Waals surface area (Å²) in [5.41, 5.74) is 2.89. The Bertz CT molecular complexity index is 599. The van der Waals surface area contributed by atoms with E-state index < -0.39 is 0 Å². The molecule has 0 radical (unpaired) electrons. The standard InChI is InChI=1S/C13H12ClN3O/c1-8-5-12(14)16-7-11(8)17-13(18)10-3-4-15-9(2)6-10/h3-7H,1-2H3,(H,17,18). The molecule has 2 aromatic heterocycles. The fourth-order valence-corrected chi connectivity index (χ4v) is 1.75. The summed E-state index contributed by atoms with van der Waals surface area (Å²) in [5.74, 6) is -0.187. The Labute approximate surface area is 110 Å². The van der Waals surface area contributed by atoms with Crippen molar-refractivity contribution in [1.82, 2.24) is 9.97 Å². The Balaban J connectivity index is 2.21. The van der Waals surface area contributed by atoms with Gasteiger partial charge in [0.25, 0.3) is 5.91 Å². The third-order valence-corrected chi connectivity index (χ3v) is 2.69. The molecule has 18 heavy (non-hydrogen) atoms. The summed E-state index contributed by atoms with van der Waals surface area (Å²) in [7, 11) is 0. The molecule has 0 fully saturated rings. The van der Waals surface area contributed by atoms with Crippen molar-refractivity contribution in [2.24, 2.45) is 0 Å². The lowest BCUT2D eigenvalue weighted by Gasteiger charge is -2.08. The lowest BCUT2D eigenvalue weighted by atomic mass is 10.2. The molecule has 0 aliphatic rings. The number of hydrogen-bond acceptors (Lipinski definition) is 3. The maximum Gasteiger partial charge on any atom is 0.255 e. The molecular weight excluding hydrogens is 250 g/mol. The second-order valence-corrected chi connectivity index (χ2v) is 4.35. The molecule has 0 aliphatic heterocycles. The van der Waals surface area contributed by atoms with Crippen LogP contribution in [-0.2, 0) is 0 Å². The van der Waals surface area contributed by atoms with Crippen LogP contribution in [0.3, 0.4) is 0 Å². The van der Waals surface area contributed by atoms with Gasteiger partial charge < -0.3 is 5.32 Å². The molecule has 5 heteroatoms. The molecule has 2 heterocycles. The van der Waals surface area contributed by atoms with E-state index in [-0.39, 0.29) is 5.91 Å². The van der Waals surface area contributed by atoms with E-state index in [0.717, 1.165) is 11.3 Å². The third kappa shape index (κ3) is 2.84. The summed E-state index contributed by atoms with van der Waals surface area (Å²) in [4.78, 5) is 20.0. The molecule has 0 bridgehead atoms. The Morgan fingerprint density at radius 2 is 2.06 bits per heavy atom. The first-order valence-electron chi connectivity index (χ1n) is 5.42. The summed E-state index contributed by atoms with van der Waals surface area (Å²) in [5, 5.41) is 3.20. The first kappa shape index (κ1) is 12.5. The van der Waals surface area contributed by atoms with Gasteiger partial charge in [0.15, 0.2) is 0 Å². The van der Waals surface area contributed by atoms with Gasteiger partial charge in [0.2, 0.25) is 0 Å². The van der Waals surface area contributed by atoms with Crippen LogP contribution in [0.4, 0.5) is 5.69 Å². The topological polar surface area (TPSA) is 54.9 Å². The van der Waals surface area contributed by atoms with Crippen molar-refractivity contribution >= 4 is 23.2 Å².